The summed E-state index contributed by atoms with van der Waals surface area (Å²) in [4.78, 5) is 0.421. The van der Waals surface area contributed by atoms with Gasteiger partial charge in [0.25, 0.3) is 0 Å². The van der Waals surface area contributed by atoms with Crippen LogP contribution in [-0.4, -0.2) is 59.3 Å². The summed E-state index contributed by atoms with van der Waals surface area (Å²) >= 11 is 7.18. The van der Waals surface area contributed by atoms with Crippen LogP contribution >= 0.6 is 31.9 Å². The van der Waals surface area contributed by atoms with E-state index in [0.717, 1.165) is 10.0 Å². The molecule has 4 saturated heterocycles. The van der Waals surface area contributed by atoms with Crippen LogP contribution in [0.1, 0.15) is 22.3 Å². The molecule has 4 heterocycles. The van der Waals surface area contributed by atoms with Crippen LogP contribution in [0.3, 0.4) is 0 Å². The van der Waals surface area contributed by atoms with Crippen molar-refractivity contribution in [1.29, 1.82) is 0 Å². The van der Waals surface area contributed by atoms with Crippen molar-refractivity contribution >= 4 is 53.1 Å². The van der Waals surface area contributed by atoms with Crippen molar-refractivity contribution in [1.82, 2.24) is 0 Å². The number of rotatable bonds is 10. The van der Waals surface area contributed by atoms with Gasteiger partial charge < -0.3 is 30.4 Å². The van der Waals surface area contributed by atoms with Crippen molar-refractivity contribution in [2.75, 3.05) is 37.9 Å². The maximum Gasteiger partial charge on any atom is 0.207 e. The highest BCUT2D eigenvalue weighted by atomic mass is 79.9. The van der Waals surface area contributed by atoms with Crippen LogP contribution < -0.4 is 11.5 Å². The molecule has 0 bridgehead atoms. The molecular formula is C24H26Br2N2O6S. The van der Waals surface area contributed by atoms with Gasteiger partial charge >= 0.3 is 0 Å². The number of benzene rings is 2. The number of anilines is 2. The standard InChI is InChI=1S/C24H26Br2N2O6S/c25-11-1-20(27)16(3-12-7-31-12)21(2-11)35(29,30)24-18(5-14-9-33-14)22(26)17(4-13-8-32-13)23(28)19(24)6-15-10-34-15/h1-2,12-15H,3-10,27-28H2. The number of epoxide rings is 4. The number of hydrogen-bond acceptors (Lipinski definition) is 8. The molecule has 188 valence electrons. The Morgan fingerprint density at radius 2 is 1.20 bits per heavy atom. The highest BCUT2D eigenvalue weighted by molar-refractivity contribution is 9.10. The summed E-state index contributed by atoms with van der Waals surface area (Å²) in [6.45, 7) is 2.47. The number of halogens is 2. The minimum Gasteiger partial charge on any atom is -0.398 e. The minimum atomic E-state index is -4.02. The van der Waals surface area contributed by atoms with Crippen LogP contribution in [0.4, 0.5) is 11.4 Å². The second-order valence-corrected chi connectivity index (χ2v) is 13.2. The molecular weight excluding hydrogens is 604 g/mol. The lowest BCUT2D eigenvalue weighted by molar-refractivity contribution is 0.402. The second kappa shape index (κ2) is 8.97. The maximum absolute atomic E-state index is 14.6. The van der Waals surface area contributed by atoms with Gasteiger partial charge in [-0.25, -0.2) is 8.42 Å². The van der Waals surface area contributed by atoms with Crippen LogP contribution in [0.5, 0.6) is 0 Å². The summed E-state index contributed by atoms with van der Waals surface area (Å²) in [7, 11) is -4.02. The molecule has 0 saturated carbocycles. The third kappa shape index (κ3) is 5.01. The second-order valence-electron chi connectivity index (χ2n) is 9.61. The largest absolute Gasteiger partial charge is 0.398 e. The molecule has 0 aromatic heterocycles. The Balaban J connectivity index is 1.58. The van der Waals surface area contributed by atoms with Gasteiger partial charge in [0.05, 0.1) is 60.6 Å². The molecule has 2 aromatic rings. The molecule has 0 aliphatic carbocycles. The topological polar surface area (TPSA) is 136 Å². The molecule has 0 radical (unpaired) electrons. The molecule has 4 aliphatic heterocycles. The Bertz CT molecular complexity index is 1260. The van der Waals surface area contributed by atoms with Crippen molar-refractivity contribution in [3.63, 3.8) is 0 Å². The van der Waals surface area contributed by atoms with Gasteiger partial charge in [0.2, 0.25) is 9.84 Å². The van der Waals surface area contributed by atoms with E-state index in [1.165, 1.54) is 0 Å². The highest BCUT2D eigenvalue weighted by Gasteiger charge is 2.39. The zero-order valence-corrected chi connectivity index (χ0v) is 22.9. The van der Waals surface area contributed by atoms with Crippen molar-refractivity contribution in [2.24, 2.45) is 0 Å². The lowest BCUT2D eigenvalue weighted by atomic mass is 9.94. The lowest BCUT2D eigenvalue weighted by Crippen LogP contribution is -2.19. The Kier molecular flexibility index (Phi) is 6.19. The Morgan fingerprint density at radius 3 is 1.71 bits per heavy atom. The fourth-order valence-electron chi connectivity index (χ4n) is 4.65. The summed E-state index contributed by atoms with van der Waals surface area (Å²) in [5, 5.41) is 0. The average molecular weight is 630 g/mol. The molecule has 0 spiro atoms. The number of nitrogens with two attached hydrogens (primary N) is 2. The van der Waals surface area contributed by atoms with Crippen molar-refractivity contribution in [2.45, 2.75) is 59.9 Å². The van der Waals surface area contributed by atoms with Crippen LogP contribution in [0.15, 0.2) is 30.9 Å². The fraction of sp³-hybridized carbons (Fsp3) is 0.500. The van der Waals surface area contributed by atoms with E-state index in [4.69, 9.17) is 30.4 Å². The quantitative estimate of drug-likeness (QED) is 0.302. The minimum absolute atomic E-state index is 0.0224. The van der Waals surface area contributed by atoms with Gasteiger partial charge in [-0.1, -0.05) is 31.9 Å². The zero-order chi connectivity index (χ0) is 24.5. The van der Waals surface area contributed by atoms with Gasteiger partial charge in [-0.3, -0.25) is 0 Å². The summed E-state index contributed by atoms with van der Waals surface area (Å²) in [6.07, 6.45) is 1.96. The van der Waals surface area contributed by atoms with Gasteiger partial charge in [-0.2, -0.15) is 0 Å². The first kappa shape index (κ1) is 24.1. The molecule has 4 unspecified atom stereocenters. The molecule has 6 rings (SSSR count). The molecule has 8 nitrogen and oxygen atoms in total. The van der Waals surface area contributed by atoms with Crippen LogP contribution in [0.25, 0.3) is 0 Å². The van der Waals surface area contributed by atoms with E-state index >= 15 is 0 Å². The molecule has 4 N–H and O–H groups in total. The van der Waals surface area contributed by atoms with E-state index in [-0.39, 0.29) is 34.2 Å². The van der Waals surface area contributed by atoms with Crippen LogP contribution in [0.2, 0.25) is 0 Å². The van der Waals surface area contributed by atoms with Crippen molar-refractivity contribution in [3.8, 4) is 0 Å². The third-order valence-corrected chi connectivity index (χ3v) is 10.2. The fourth-order valence-corrected chi connectivity index (χ4v) is 8.20. The van der Waals surface area contributed by atoms with Crippen molar-refractivity contribution in [3.05, 3.63) is 43.3 Å². The van der Waals surface area contributed by atoms with Gasteiger partial charge in [0.15, 0.2) is 0 Å². The van der Waals surface area contributed by atoms with Gasteiger partial charge in [-0.05, 0) is 34.4 Å². The van der Waals surface area contributed by atoms with Gasteiger partial charge in [0, 0.05) is 46.0 Å². The molecule has 4 aliphatic rings. The van der Waals surface area contributed by atoms with E-state index in [2.05, 4.69) is 31.9 Å². The molecule has 11 heteroatoms. The van der Waals surface area contributed by atoms with E-state index in [1.54, 1.807) is 12.1 Å². The van der Waals surface area contributed by atoms with Crippen LogP contribution in [0, 0.1) is 0 Å². The van der Waals surface area contributed by atoms with Gasteiger partial charge in [-0.15, -0.1) is 0 Å². The normalized spacial score (nSPS) is 26.6. The highest BCUT2D eigenvalue weighted by Crippen LogP contribution is 2.45. The number of nitrogen functional groups attached to an aromatic ring is 2. The predicted molar refractivity (Wildman–Crippen MR) is 136 cm³/mol. The number of sulfone groups is 1. The molecule has 4 atom stereocenters. The summed E-state index contributed by atoms with van der Waals surface area (Å²) in [5.74, 6) is 0. The monoisotopic (exact) mass is 628 g/mol. The molecule has 2 aromatic carbocycles. The first-order valence-corrected chi connectivity index (χ1v) is 14.7. The summed E-state index contributed by atoms with van der Waals surface area (Å²) in [5.41, 5.74) is 16.7. The van der Waals surface area contributed by atoms with E-state index in [1.807, 2.05) is 0 Å². The SMILES string of the molecule is Nc1cc(Br)cc(S(=O)(=O)c2c(CC3CO3)c(N)c(CC3CO3)c(Br)c2CC2CO2)c1CC1CO1. The predicted octanol–water partition coefficient (Wildman–Crippen LogP) is 2.97. The number of hydrogen-bond donors (Lipinski definition) is 2. The first-order chi connectivity index (χ1) is 16.7. The van der Waals surface area contributed by atoms with E-state index in [9.17, 15) is 8.42 Å². The molecule has 0 amide bonds. The van der Waals surface area contributed by atoms with Crippen molar-refractivity contribution < 1.29 is 27.4 Å². The van der Waals surface area contributed by atoms with E-state index < -0.39 is 9.84 Å². The Morgan fingerprint density at radius 1 is 0.743 bits per heavy atom. The Hall–Kier alpha value is -1.21. The lowest BCUT2D eigenvalue weighted by Gasteiger charge is -2.23. The zero-order valence-electron chi connectivity index (χ0n) is 18.9. The number of ether oxygens (including phenoxy) is 4. The van der Waals surface area contributed by atoms with E-state index in [0.29, 0.717) is 84.6 Å². The summed E-state index contributed by atoms with van der Waals surface area (Å²) < 4.78 is 52.3. The van der Waals surface area contributed by atoms with Gasteiger partial charge in [0.1, 0.15) is 0 Å². The molecule has 35 heavy (non-hydrogen) atoms. The smallest absolute Gasteiger partial charge is 0.207 e. The third-order valence-electron chi connectivity index (χ3n) is 6.83. The maximum atomic E-state index is 14.6. The first-order valence-electron chi connectivity index (χ1n) is 11.6. The molecule has 4 fully saturated rings. The summed E-state index contributed by atoms with van der Waals surface area (Å²) in [6, 6.07) is 3.37. The van der Waals surface area contributed by atoms with Crippen LogP contribution in [-0.2, 0) is 54.5 Å². The average Bonchev–Trinajstić information content (AvgIpc) is 3.61. The Labute approximate surface area is 220 Å².